The molecule has 0 spiro atoms. The molecule has 58 valence electrons. The number of rotatable bonds is 1. The highest BCUT2D eigenvalue weighted by Gasteiger charge is 2.20. The second-order valence-corrected chi connectivity index (χ2v) is 2.52. The molecule has 1 heterocycles. The van der Waals surface area contributed by atoms with E-state index in [1.54, 1.807) is 0 Å². The van der Waals surface area contributed by atoms with Gasteiger partial charge in [-0.3, -0.25) is 9.59 Å². The molecule has 0 saturated heterocycles. The van der Waals surface area contributed by atoms with Crippen LogP contribution in [0.25, 0.3) is 0 Å². The maximum Gasteiger partial charge on any atom is 0.174 e. The monoisotopic (exact) mass is 171 g/mol. The number of ketones is 2. The molecule has 4 heteroatoms. The molecule has 0 amide bonds. The molecule has 0 unspecified atom stereocenters. The average Bonchev–Trinajstić information content (AvgIpc) is 1.85. The Balaban J connectivity index is 3.11. The molecule has 1 aliphatic heterocycles. The Morgan fingerprint density at radius 1 is 1.73 bits per heavy atom. The second-order valence-electron chi connectivity index (χ2n) is 2.16. The number of carbonyl (C=O) groups is 2. The van der Waals surface area contributed by atoms with Crippen molar-refractivity contribution in [2.45, 2.75) is 13.3 Å². The van der Waals surface area contributed by atoms with Crippen LogP contribution >= 0.6 is 11.6 Å². The molecule has 0 aromatic heterocycles. The normalized spacial score (nSPS) is 17.5. The quantitative estimate of drug-likeness (QED) is 0.438. The Bertz CT molecular complexity index is 278. The molecule has 0 aromatic rings. The Kier molecular flexibility index (Phi) is 2.19. The van der Waals surface area contributed by atoms with E-state index >= 15 is 0 Å². The van der Waals surface area contributed by atoms with Gasteiger partial charge in [-0.2, -0.15) is 0 Å². The minimum atomic E-state index is -0.322. The molecule has 1 rings (SSSR count). The molecule has 0 radical (unpaired) electrons. The van der Waals surface area contributed by atoms with Crippen LogP contribution in [0.5, 0.6) is 0 Å². The maximum atomic E-state index is 11.0. The molecule has 0 aromatic carbocycles. The van der Waals surface area contributed by atoms with Gasteiger partial charge in [-0.15, -0.1) is 0 Å². The van der Waals surface area contributed by atoms with Crippen molar-refractivity contribution in [3.8, 4) is 0 Å². The van der Waals surface area contributed by atoms with Crippen LogP contribution in [0.4, 0.5) is 0 Å². The number of allylic oxidation sites excluding steroid dienone is 1. The zero-order valence-electron chi connectivity index (χ0n) is 5.93. The summed E-state index contributed by atoms with van der Waals surface area (Å²) in [6.45, 7) is 1.30. The lowest BCUT2D eigenvalue weighted by atomic mass is 10.1. The van der Waals surface area contributed by atoms with Crippen molar-refractivity contribution in [2.75, 3.05) is 0 Å². The first-order valence-corrected chi connectivity index (χ1v) is 3.47. The summed E-state index contributed by atoms with van der Waals surface area (Å²) in [5.74, 6) is -0.575. The minimum absolute atomic E-state index is 0.00810. The number of nitrogens with zero attached hydrogens (tertiary/aromatic N) is 1. The van der Waals surface area contributed by atoms with Gasteiger partial charge in [0.05, 0.1) is 5.57 Å². The fraction of sp³-hybridized carbons (Fsp3) is 0.286. The molecular formula is C7H6ClNO2. The van der Waals surface area contributed by atoms with Crippen LogP contribution in [-0.4, -0.2) is 17.8 Å². The Hall–Kier alpha value is -0.960. The first-order chi connectivity index (χ1) is 5.13. The van der Waals surface area contributed by atoms with Gasteiger partial charge in [0.15, 0.2) is 11.6 Å². The van der Waals surface area contributed by atoms with Gasteiger partial charge in [-0.25, -0.2) is 4.99 Å². The number of hydrogen-bond acceptors (Lipinski definition) is 3. The third-order valence-electron chi connectivity index (χ3n) is 1.32. The van der Waals surface area contributed by atoms with Gasteiger partial charge < -0.3 is 0 Å². The summed E-state index contributed by atoms with van der Waals surface area (Å²) in [5.41, 5.74) is 0.0224. The smallest absolute Gasteiger partial charge is 0.174 e. The second kappa shape index (κ2) is 2.96. The van der Waals surface area contributed by atoms with Crippen molar-refractivity contribution in [2.24, 2.45) is 4.99 Å². The number of halogens is 1. The van der Waals surface area contributed by atoms with Gasteiger partial charge in [-0.1, -0.05) is 11.6 Å². The van der Waals surface area contributed by atoms with Crippen LogP contribution in [0.15, 0.2) is 15.7 Å². The van der Waals surface area contributed by atoms with Crippen LogP contribution in [0, 0.1) is 0 Å². The van der Waals surface area contributed by atoms with E-state index in [1.807, 2.05) is 0 Å². The third-order valence-corrected chi connectivity index (χ3v) is 1.61. The van der Waals surface area contributed by atoms with Crippen molar-refractivity contribution in [1.29, 1.82) is 0 Å². The van der Waals surface area contributed by atoms with Crippen LogP contribution in [0.3, 0.4) is 0 Å². The van der Waals surface area contributed by atoms with E-state index in [0.29, 0.717) is 0 Å². The van der Waals surface area contributed by atoms with Crippen LogP contribution < -0.4 is 0 Å². The van der Waals surface area contributed by atoms with E-state index in [1.165, 1.54) is 13.1 Å². The summed E-state index contributed by atoms with van der Waals surface area (Å²) in [6.07, 6.45) is 1.57. The molecule has 0 aliphatic carbocycles. The van der Waals surface area contributed by atoms with Gasteiger partial charge in [0.2, 0.25) is 0 Å². The topological polar surface area (TPSA) is 46.5 Å². The lowest BCUT2D eigenvalue weighted by Crippen LogP contribution is -2.14. The van der Waals surface area contributed by atoms with Crippen molar-refractivity contribution in [3.05, 3.63) is 10.7 Å². The number of aliphatic imine (C=N–C) groups is 1. The summed E-state index contributed by atoms with van der Waals surface area (Å²) >= 11 is 5.51. The van der Waals surface area contributed by atoms with Crippen molar-refractivity contribution in [1.82, 2.24) is 0 Å². The SMILES string of the molecule is CC(=O)C1=C(Cl)N=CCC1=O. The summed E-state index contributed by atoms with van der Waals surface area (Å²) in [6, 6.07) is 0. The predicted octanol–water partition coefficient (Wildman–Crippen LogP) is 1.07. The standard InChI is InChI=1S/C7H6ClNO2/c1-4(10)6-5(11)2-3-9-7(6)8/h3H,2H2,1H3. The molecule has 0 bridgehead atoms. The molecule has 0 saturated carbocycles. The molecule has 0 N–H and O–H groups in total. The van der Waals surface area contributed by atoms with E-state index in [0.717, 1.165) is 0 Å². The van der Waals surface area contributed by atoms with Gasteiger partial charge in [0.1, 0.15) is 5.16 Å². The molecule has 0 fully saturated rings. The summed E-state index contributed by atoms with van der Waals surface area (Å²) in [7, 11) is 0. The van der Waals surface area contributed by atoms with Gasteiger partial charge in [-0.05, 0) is 6.92 Å². The third kappa shape index (κ3) is 1.54. The number of carbonyl (C=O) groups excluding carboxylic acids is 2. The largest absolute Gasteiger partial charge is 0.294 e. The van der Waals surface area contributed by atoms with Gasteiger partial charge >= 0.3 is 0 Å². The Labute approximate surface area is 68.8 Å². The zero-order valence-corrected chi connectivity index (χ0v) is 6.68. The molecule has 3 nitrogen and oxygen atoms in total. The first-order valence-electron chi connectivity index (χ1n) is 3.09. The minimum Gasteiger partial charge on any atom is -0.294 e. The lowest BCUT2D eigenvalue weighted by molar-refractivity contribution is -0.119. The van der Waals surface area contributed by atoms with E-state index in [2.05, 4.69) is 4.99 Å². The van der Waals surface area contributed by atoms with Gasteiger partial charge in [0, 0.05) is 12.6 Å². The fourth-order valence-corrected chi connectivity index (χ4v) is 1.14. The molecule has 1 aliphatic rings. The average molecular weight is 172 g/mol. The summed E-state index contributed by atoms with van der Waals surface area (Å²) in [5, 5.41) is 0.00810. The molecular weight excluding hydrogens is 166 g/mol. The van der Waals surface area contributed by atoms with Crippen LogP contribution in [-0.2, 0) is 9.59 Å². The number of Topliss-reactive ketones (excluding diaryl/α,β-unsaturated/α-hetero) is 2. The lowest BCUT2D eigenvalue weighted by Gasteiger charge is -2.05. The van der Waals surface area contributed by atoms with E-state index in [4.69, 9.17) is 11.6 Å². The zero-order chi connectivity index (χ0) is 8.43. The van der Waals surface area contributed by atoms with E-state index < -0.39 is 0 Å². The number of hydrogen-bond donors (Lipinski definition) is 0. The predicted molar refractivity (Wildman–Crippen MR) is 41.7 cm³/mol. The maximum absolute atomic E-state index is 11.0. The van der Waals surface area contributed by atoms with E-state index in [-0.39, 0.29) is 28.7 Å². The summed E-state index contributed by atoms with van der Waals surface area (Å²) in [4.78, 5) is 25.4. The van der Waals surface area contributed by atoms with Crippen molar-refractivity contribution in [3.63, 3.8) is 0 Å². The Morgan fingerprint density at radius 3 is 2.73 bits per heavy atom. The highest BCUT2D eigenvalue weighted by Crippen LogP contribution is 2.17. The highest BCUT2D eigenvalue weighted by molar-refractivity contribution is 6.38. The Morgan fingerprint density at radius 2 is 2.36 bits per heavy atom. The van der Waals surface area contributed by atoms with Gasteiger partial charge in [0.25, 0.3) is 0 Å². The highest BCUT2D eigenvalue weighted by atomic mass is 35.5. The van der Waals surface area contributed by atoms with E-state index in [9.17, 15) is 9.59 Å². The van der Waals surface area contributed by atoms with Crippen molar-refractivity contribution < 1.29 is 9.59 Å². The molecule has 11 heavy (non-hydrogen) atoms. The van der Waals surface area contributed by atoms with Crippen LogP contribution in [0.1, 0.15) is 13.3 Å². The molecule has 0 atom stereocenters. The fourth-order valence-electron chi connectivity index (χ4n) is 0.832. The van der Waals surface area contributed by atoms with Crippen molar-refractivity contribution >= 4 is 29.4 Å². The summed E-state index contributed by atoms with van der Waals surface area (Å²) < 4.78 is 0. The first kappa shape index (κ1) is 8.14. The van der Waals surface area contributed by atoms with Crippen LogP contribution in [0.2, 0.25) is 0 Å².